The zero-order valence-corrected chi connectivity index (χ0v) is 18.8. The van der Waals surface area contributed by atoms with E-state index in [9.17, 15) is 14.7 Å². The number of carbonyl (C=O) groups excluding carboxylic acids is 2. The van der Waals surface area contributed by atoms with Gasteiger partial charge in [-0.2, -0.15) is 0 Å². The van der Waals surface area contributed by atoms with Gasteiger partial charge in [0.1, 0.15) is 18.4 Å². The number of primary amides is 1. The molecule has 31 heavy (non-hydrogen) atoms. The first-order valence-corrected chi connectivity index (χ1v) is 10.6. The van der Waals surface area contributed by atoms with Gasteiger partial charge in [0.15, 0.2) is 0 Å². The van der Waals surface area contributed by atoms with Gasteiger partial charge in [-0.3, -0.25) is 9.59 Å². The van der Waals surface area contributed by atoms with Crippen molar-refractivity contribution in [3.8, 4) is 11.6 Å². The molecule has 9 heteroatoms. The fourth-order valence-corrected chi connectivity index (χ4v) is 3.93. The number of pyridine rings is 1. The molecular formula is C22H27N3O5S. The molecule has 0 bridgehead atoms. The Bertz CT molecular complexity index is 1050. The van der Waals surface area contributed by atoms with Crippen molar-refractivity contribution in [3.05, 3.63) is 52.5 Å². The van der Waals surface area contributed by atoms with Gasteiger partial charge in [0.2, 0.25) is 11.8 Å². The number of thiophene rings is 1. The third kappa shape index (κ3) is 5.71. The van der Waals surface area contributed by atoms with E-state index in [-0.39, 0.29) is 6.61 Å². The van der Waals surface area contributed by atoms with Crippen LogP contribution in [0.1, 0.15) is 34.6 Å². The van der Waals surface area contributed by atoms with Crippen LogP contribution >= 0.6 is 11.3 Å². The summed E-state index contributed by atoms with van der Waals surface area (Å²) in [6.45, 7) is 5.50. The number of nitrogens with two attached hydrogens (primary N) is 1. The van der Waals surface area contributed by atoms with E-state index in [1.807, 2.05) is 39.0 Å². The lowest BCUT2D eigenvalue weighted by Gasteiger charge is -2.13. The van der Waals surface area contributed by atoms with E-state index in [4.69, 9.17) is 15.2 Å². The van der Waals surface area contributed by atoms with Gasteiger partial charge in [-0.15, -0.1) is 11.3 Å². The first-order chi connectivity index (χ1) is 14.9. The summed E-state index contributed by atoms with van der Waals surface area (Å²) in [6, 6.07) is 7.98. The molecule has 166 valence electrons. The van der Waals surface area contributed by atoms with Gasteiger partial charge >= 0.3 is 0 Å². The maximum atomic E-state index is 12.7. The van der Waals surface area contributed by atoms with Crippen LogP contribution in [0, 0.1) is 6.92 Å². The topological polar surface area (TPSA) is 124 Å². The van der Waals surface area contributed by atoms with E-state index in [0.717, 1.165) is 15.1 Å². The van der Waals surface area contributed by atoms with E-state index in [1.54, 1.807) is 25.4 Å². The maximum absolute atomic E-state index is 12.7. The Balaban J connectivity index is 0.00000166. The second kappa shape index (κ2) is 11.3. The smallest absolute Gasteiger partial charge is 0.253 e. The number of hydrogen-bond acceptors (Lipinski definition) is 7. The van der Waals surface area contributed by atoms with Crippen LogP contribution in [0.3, 0.4) is 0 Å². The Labute approximate surface area is 185 Å². The molecule has 0 saturated heterocycles. The number of aryl methyl sites for hydroxylation is 1. The largest absolute Gasteiger partial charge is 0.489 e. The minimum absolute atomic E-state index is 0.251. The van der Waals surface area contributed by atoms with Gasteiger partial charge in [0.05, 0.1) is 24.8 Å². The molecule has 0 aliphatic heterocycles. The fourth-order valence-electron chi connectivity index (χ4n) is 2.89. The molecule has 2 aromatic heterocycles. The molecule has 1 atom stereocenters. The van der Waals surface area contributed by atoms with Crippen LogP contribution < -0.4 is 20.5 Å². The third-order valence-electron chi connectivity index (χ3n) is 4.33. The predicted octanol–water partition coefficient (Wildman–Crippen LogP) is 2.79. The van der Waals surface area contributed by atoms with E-state index in [2.05, 4.69) is 10.3 Å². The van der Waals surface area contributed by atoms with Gasteiger partial charge in [-0.05, 0) is 37.3 Å². The zero-order chi connectivity index (χ0) is 23.0. The lowest BCUT2D eigenvalue weighted by Crippen LogP contribution is -2.46. The number of amides is 2. The maximum Gasteiger partial charge on any atom is 0.253 e. The molecule has 0 saturated carbocycles. The van der Waals surface area contributed by atoms with Crippen LogP contribution in [0.4, 0.5) is 0 Å². The summed E-state index contributed by atoms with van der Waals surface area (Å²) in [5.41, 5.74) is 6.41. The average Bonchev–Trinajstić information content (AvgIpc) is 3.12. The molecule has 1 aromatic carbocycles. The number of hydrogen-bond donors (Lipinski definition) is 3. The van der Waals surface area contributed by atoms with E-state index >= 15 is 0 Å². The highest BCUT2D eigenvalue weighted by molar-refractivity contribution is 7.19. The third-order valence-corrected chi connectivity index (χ3v) is 5.42. The van der Waals surface area contributed by atoms with Crippen molar-refractivity contribution in [1.82, 2.24) is 10.3 Å². The summed E-state index contributed by atoms with van der Waals surface area (Å²) < 4.78 is 12.0. The number of fused-ring (bicyclic) bond motifs is 1. The van der Waals surface area contributed by atoms with Crippen LogP contribution in [0.15, 0.2) is 36.5 Å². The number of carbonyl (C=O) groups is 2. The molecule has 3 rings (SSSR count). The van der Waals surface area contributed by atoms with Crippen LogP contribution in [0.5, 0.6) is 11.6 Å². The van der Waals surface area contributed by atoms with Crippen molar-refractivity contribution < 1.29 is 24.2 Å². The lowest BCUT2D eigenvalue weighted by molar-refractivity contribution is -0.120. The molecule has 3 aromatic rings. The van der Waals surface area contributed by atoms with Crippen LogP contribution in [-0.2, 0) is 11.4 Å². The van der Waals surface area contributed by atoms with Gasteiger partial charge < -0.3 is 25.6 Å². The molecular weight excluding hydrogens is 418 g/mol. The lowest BCUT2D eigenvalue weighted by atomic mass is 10.1. The van der Waals surface area contributed by atoms with E-state index in [0.29, 0.717) is 22.6 Å². The minimum Gasteiger partial charge on any atom is -0.489 e. The number of nitrogens with one attached hydrogen (secondary N) is 1. The Morgan fingerprint density at radius 3 is 2.68 bits per heavy atom. The van der Waals surface area contributed by atoms with E-state index < -0.39 is 24.5 Å². The van der Waals surface area contributed by atoms with Gasteiger partial charge in [0.25, 0.3) is 5.91 Å². The summed E-state index contributed by atoms with van der Waals surface area (Å²) in [5.74, 6) is -0.212. The first kappa shape index (κ1) is 24.1. The summed E-state index contributed by atoms with van der Waals surface area (Å²) in [7, 11) is 1.54. The highest BCUT2D eigenvalue weighted by Gasteiger charge is 2.22. The summed E-state index contributed by atoms with van der Waals surface area (Å²) in [5, 5.41) is 12.4. The fraction of sp³-hybridized carbons (Fsp3) is 0.318. The Kier molecular flexibility index (Phi) is 8.77. The van der Waals surface area contributed by atoms with Crippen molar-refractivity contribution >= 4 is 33.2 Å². The highest BCUT2D eigenvalue weighted by Crippen LogP contribution is 2.34. The van der Waals surface area contributed by atoms with Gasteiger partial charge in [0, 0.05) is 21.2 Å². The second-order valence-electron chi connectivity index (χ2n) is 6.26. The quantitative estimate of drug-likeness (QED) is 0.490. The van der Waals surface area contributed by atoms with Crippen molar-refractivity contribution in [2.75, 3.05) is 13.7 Å². The standard InChI is InChI=1S/C20H21N3O5S.C2H6/c1-11-17(19(26)23-15(9-24)18(21)25)14-8-13(5-6-16(14)29-11)28-10-12-4-3-7-22-20(12)27-2;1-2/h3-8,15,24H,9-10H2,1-2H3,(H2,21,25)(H,23,26);1-2H3. The highest BCUT2D eigenvalue weighted by atomic mass is 32.1. The molecule has 0 aliphatic carbocycles. The van der Waals surface area contributed by atoms with Crippen LogP contribution in [0.25, 0.3) is 10.1 Å². The van der Waals surface area contributed by atoms with Crippen molar-refractivity contribution in [1.29, 1.82) is 0 Å². The summed E-state index contributed by atoms with van der Waals surface area (Å²) >= 11 is 1.45. The second-order valence-corrected chi connectivity index (χ2v) is 7.52. The van der Waals surface area contributed by atoms with Crippen LogP contribution in [-0.4, -0.2) is 41.7 Å². The van der Waals surface area contributed by atoms with Gasteiger partial charge in [-0.1, -0.05) is 13.8 Å². The molecule has 0 fully saturated rings. The van der Waals surface area contributed by atoms with E-state index in [1.165, 1.54) is 11.3 Å². The number of rotatable bonds is 8. The number of benzene rings is 1. The van der Waals surface area contributed by atoms with Crippen molar-refractivity contribution in [2.24, 2.45) is 5.73 Å². The van der Waals surface area contributed by atoms with Crippen LogP contribution in [0.2, 0.25) is 0 Å². The van der Waals surface area contributed by atoms with Crippen molar-refractivity contribution in [2.45, 2.75) is 33.4 Å². The molecule has 1 unspecified atom stereocenters. The number of ether oxygens (including phenoxy) is 2. The average molecular weight is 446 g/mol. The predicted molar refractivity (Wildman–Crippen MR) is 121 cm³/mol. The molecule has 8 nitrogen and oxygen atoms in total. The SMILES string of the molecule is CC.COc1ncccc1COc1ccc2sc(C)c(C(=O)NC(CO)C(N)=O)c2c1. The number of aliphatic hydroxyl groups is 1. The zero-order valence-electron chi connectivity index (χ0n) is 18.0. The Morgan fingerprint density at radius 2 is 2.03 bits per heavy atom. The van der Waals surface area contributed by atoms with Crippen molar-refractivity contribution in [3.63, 3.8) is 0 Å². The summed E-state index contributed by atoms with van der Waals surface area (Å²) in [4.78, 5) is 28.9. The van der Waals surface area contributed by atoms with Gasteiger partial charge in [-0.25, -0.2) is 4.98 Å². The number of aliphatic hydroxyl groups excluding tert-OH is 1. The summed E-state index contributed by atoms with van der Waals surface area (Å²) in [6.07, 6.45) is 1.64. The monoisotopic (exact) mass is 445 g/mol. The normalized spacial score (nSPS) is 11.3. The molecule has 2 amide bonds. The molecule has 0 aliphatic rings. The molecule has 2 heterocycles. The molecule has 0 spiro atoms. The first-order valence-electron chi connectivity index (χ1n) is 9.79. The minimum atomic E-state index is -1.14. The number of methoxy groups -OCH3 is 1. The molecule has 4 N–H and O–H groups in total. The Morgan fingerprint density at radius 1 is 1.29 bits per heavy atom. The molecule has 0 radical (unpaired) electrons. The number of nitrogens with zero attached hydrogens (tertiary/aromatic N) is 1. The number of aromatic nitrogens is 1. The Hall–Kier alpha value is -3.17.